The van der Waals surface area contributed by atoms with Gasteiger partial charge >= 0.3 is 0 Å². The van der Waals surface area contributed by atoms with Gasteiger partial charge in [0.05, 0.1) is 10.1 Å². The Balaban J connectivity index is 2.27. The fraction of sp³-hybridized carbons (Fsp3) is 0.571. The summed E-state index contributed by atoms with van der Waals surface area (Å²) in [6.07, 6.45) is 0. The highest BCUT2D eigenvalue weighted by molar-refractivity contribution is 7.92. The fourth-order valence-corrected chi connectivity index (χ4v) is 3.36. The molecule has 0 saturated carbocycles. The highest BCUT2D eigenvalue weighted by Crippen LogP contribution is 2.40. The van der Waals surface area contributed by atoms with E-state index in [1.807, 2.05) is 12.1 Å². The van der Waals surface area contributed by atoms with Gasteiger partial charge in [-0.3, -0.25) is 0 Å². The van der Waals surface area contributed by atoms with Gasteiger partial charge in [-0.2, -0.15) is 0 Å². The molecule has 1 N–H and O–H groups in total. The number of sulfone groups is 1. The molecule has 1 saturated heterocycles. The minimum absolute atomic E-state index is 0.248. The van der Waals surface area contributed by atoms with Crippen molar-refractivity contribution in [2.75, 3.05) is 6.54 Å². The molecule has 1 aliphatic rings. The Bertz CT molecular complexity index is 529. The molecule has 1 fully saturated rings. The summed E-state index contributed by atoms with van der Waals surface area (Å²) in [5, 5.41) is 3.01. The van der Waals surface area contributed by atoms with Gasteiger partial charge in [-0.1, -0.05) is 26.0 Å². The number of benzene rings is 1. The summed E-state index contributed by atoms with van der Waals surface area (Å²) >= 11 is 0. The van der Waals surface area contributed by atoms with Crippen molar-refractivity contribution in [3.8, 4) is 0 Å². The van der Waals surface area contributed by atoms with Gasteiger partial charge in [0.15, 0.2) is 9.84 Å². The molecular formula is C14H21NO2S. The van der Waals surface area contributed by atoms with Crippen LogP contribution >= 0.6 is 0 Å². The molecule has 1 aliphatic heterocycles. The first-order chi connectivity index (χ1) is 8.25. The first-order valence-corrected chi connectivity index (χ1v) is 7.87. The third-order valence-electron chi connectivity index (χ3n) is 3.71. The first kappa shape index (κ1) is 13.6. The van der Waals surface area contributed by atoms with Crippen LogP contribution in [-0.4, -0.2) is 20.2 Å². The van der Waals surface area contributed by atoms with Crippen LogP contribution in [-0.2, 0) is 9.84 Å². The van der Waals surface area contributed by atoms with E-state index in [0.29, 0.717) is 10.9 Å². The van der Waals surface area contributed by atoms with Crippen molar-refractivity contribution in [1.29, 1.82) is 0 Å². The van der Waals surface area contributed by atoms with E-state index in [-0.39, 0.29) is 10.7 Å². The normalized spacial score (nSPS) is 22.8. The van der Waals surface area contributed by atoms with E-state index < -0.39 is 9.84 Å². The molecular weight excluding hydrogens is 246 g/mol. The average molecular weight is 267 g/mol. The van der Waals surface area contributed by atoms with Crippen LogP contribution in [0.25, 0.3) is 0 Å². The molecule has 0 bridgehead atoms. The van der Waals surface area contributed by atoms with Gasteiger partial charge in [-0.25, -0.2) is 8.42 Å². The van der Waals surface area contributed by atoms with Gasteiger partial charge in [-0.05, 0) is 37.0 Å². The predicted molar refractivity (Wildman–Crippen MR) is 73.3 cm³/mol. The summed E-state index contributed by atoms with van der Waals surface area (Å²) in [6, 6.07) is 7.62. The highest BCUT2D eigenvalue weighted by Gasteiger charge is 2.38. The molecule has 1 aromatic rings. The summed E-state index contributed by atoms with van der Waals surface area (Å²) in [7, 11) is -3.16. The van der Waals surface area contributed by atoms with Crippen LogP contribution in [0.4, 0.5) is 0 Å². The quantitative estimate of drug-likeness (QED) is 0.915. The Morgan fingerprint density at radius 1 is 1.22 bits per heavy atom. The molecule has 100 valence electrons. The Kier molecular flexibility index (Phi) is 3.28. The number of hydrogen-bond donors (Lipinski definition) is 1. The fourth-order valence-electron chi connectivity index (χ4n) is 2.30. The van der Waals surface area contributed by atoms with Crippen molar-refractivity contribution in [3.05, 3.63) is 29.8 Å². The van der Waals surface area contributed by atoms with Crippen LogP contribution in [0.1, 0.15) is 39.3 Å². The zero-order valence-corrected chi connectivity index (χ0v) is 12.2. The second-order valence-corrected chi connectivity index (χ2v) is 8.47. The average Bonchev–Trinajstić information content (AvgIpc) is 2.28. The lowest BCUT2D eigenvalue weighted by molar-refractivity contribution is 0.128. The Morgan fingerprint density at radius 3 is 2.11 bits per heavy atom. The third kappa shape index (κ3) is 2.19. The standard InChI is InChI=1S/C14H21NO2S/c1-10(2)18(16,17)12-7-5-11(6-8-12)13-14(3,4)9-15-13/h5-8,10,13,15H,9H2,1-4H3. The molecule has 1 unspecified atom stereocenters. The molecule has 18 heavy (non-hydrogen) atoms. The number of nitrogens with one attached hydrogen (secondary N) is 1. The van der Waals surface area contributed by atoms with Gasteiger partial charge in [-0.15, -0.1) is 0 Å². The van der Waals surface area contributed by atoms with Crippen LogP contribution in [0, 0.1) is 5.41 Å². The SMILES string of the molecule is CC(C)S(=O)(=O)c1ccc(C2NCC2(C)C)cc1. The van der Waals surface area contributed by atoms with Crippen molar-refractivity contribution >= 4 is 9.84 Å². The van der Waals surface area contributed by atoms with Crippen LogP contribution in [0.15, 0.2) is 29.2 Å². The van der Waals surface area contributed by atoms with Crippen LogP contribution in [0.5, 0.6) is 0 Å². The number of hydrogen-bond acceptors (Lipinski definition) is 3. The van der Waals surface area contributed by atoms with E-state index in [2.05, 4.69) is 19.2 Å². The summed E-state index contributed by atoms with van der Waals surface area (Å²) in [5.74, 6) is 0. The molecule has 0 radical (unpaired) electrons. The Labute approximate surface area is 110 Å². The van der Waals surface area contributed by atoms with Gasteiger partial charge in [0.25, 0.3) is 0 Å². The van der Waals surface area contributed by atoms with Crippen molar-refractivity contribution in [1.82, 2.24) is 5.32 Å². The van der Waals surface area contributed by atoms with Gasteiger partial charge in [0, 0.05) is 12.6 Å². The molecule has 2 rings (SSSR count). The lowest BCUT2D eigenvalue weighted by Gasteiger charge is -2.46. The summed E-state index contributed by atoms with van der Waals surface area (Å²) in [5.41, 5.74) is 1.41. The maximum absolute atomic E-state index is 12.0. The maximum atomic E-state index is 12.0. The van der Waals surface area contributed by atoms with Crippen LogP contribution in [0.3, 0.4) is 0 Å². The predicted octanol–water partition coefficient (Wildman–Crippen LogP) is 2.54. The van der Waals surface area contributed by atoms with Crippen LogP contribution < -0.4 is 5.32 Å². The van der Waals surface area contributed by atoms with Gasteiger partial charge < -0.3 is 5.32 Å². The largest absolute Gasteiger partial charge is 0.309 e. The van der Waals surface area contributed by atoms with Crippen molar-refractivity contribution < 1.29 is 8.42 Å². The zero-order chi connectivity index (χ0) is 13.6. The topological polar surface area (TPSA) is 46.2 Å². The Morgan fingerprint density at radius 2 is 1.78 bits per heavy atom. The minimum atomic E-state index is -3.16. The van der Waals surface area contributed by atoms with E-state index in [1.54, 1.807) is 26.0 Å². The van der Waals surface area contributed by atoms with Crippen LogP contribution in [0.2, 0.25) is 0 Å². The maximum Gasteiger partial charge on any atom is 0.180 e. The van der Waals surface area contributed by atoms with E-state index in [0.717, 1.165) is 12.1 Å². The lowest BCUT2D eigenvalue weighted by Crippen LogP contribution is -2.52. The third-order valence-corrected chi connectivity index (χ3v) is 5.88. The first-order valence-electron chi connectivity index (χ1n) is 6.32. The molecule has 0 aliphatic carbocycles. The smallest absolute Gasteiger partial charge is 0.180 e. The molecule has 0 amide bonds. The minimum Gasteiger partial charge on any atom is -0.309 e. The van der Waals surface area contributed by atoms with E-state index in [9.17, 15) is 8.42 Å². The van der Waals surface area contributed by atoms with Crippen molar-refractivity contribution in [2.45, 2.75) is 43.9 Å². The van der Waals surface area contributed by atoms with Gasteiger partial charge in [0.1, 0.15) is 0 Å². The van der Waals surface area contributed by atoms with E-state index >= 15 is 0 Å². The molecule has 4 heteroatoms. The molecule has 1 atom stereocenters. The monoisotopic (exact) mass is 267 g/mol. The Hall–Kier alpha value is -0.870. The van der Waals surface area contributed by atoms with Gasteiger partial charge in [0.2, 0.25) is 0 Å². The van der Waals surface area contributed by atoms with E-state index in [4.69, 9.17) is 0 Å². The summed E-state index contributed by atoms with van der Waals surface area (Å²) < 4.78 is 24.0. The molecule has 1 aromatic carbocycles. The molecule has 1 heterocycles. The van der Waals surface area contributed by atoms with E-state index in [1.165, 1.54) is 0 Å². The van der Waals surface area contributed by atoms with Crippen molar-refractivity contribution in [2.24, 2.45) is 5.41 Å². The summed E-state index contributed by atoms with van der Waals surface area (Å²) in [6.45, 7) is 8.85. The molecule has 3 nitrogen and oxygen atoms in total. The second kappa shape index (κ2) is 4.35. The zero-order valence-electron chi connectivity index (χ0n) is 11.4. The lowest BCUT2D eigenvalue weighted by atomic mass is 9.74. The second-order valence-electron chi connectivity index (χ2n) is 5.97. The van der Waals surface area contributed by atoms with Crippen molar-refractivity contribution in [3.63, 3.8) is 0 Å². The highest BCUT2D eigenvalue weighted by atomic mass is 32.2. The molecule has 0 spiro atoms. The number of rotatable bonds is 3. The summed E-state index contributed by atoms with van der Waals surface area (Å²) in [4.78, 5) is 0.415. The molecule has 0 aromatic heterocycles.